The molecule has 182 valence electrons. The molecule has 8 heteroatoms. The number of piperidine rings is 1. The molecule has 0 spiro atoms. The molecule has 0 bridgehead atoms. The van der Waals surface area contributed by atoms with Gasteiger partial charge in [0.25, 0.3) is 0 Å². The Morgan fingerprint density at radius 2 is 1.80 bits per heavy atom. The number of nitrogens with zero attached hydrogens (tertiary/aromatic N) is 4. The molecule has 35 heavy (non-hydrogen) atoms. The summed E-state index contributed by atoms with van der Waals surface area (Å²) in [6.45, 7) is 4.22. The smallest absolute Gasteiger partial charge is 0.241 e. The predicted octanol–water partition coefficient (Wildman–Crippen LogP) is 3.39. The van der Waals surface area contributed by atoms with Crippen LogP contribution in [0.4, 0.5) is 0 Å². The van der Waals surface area contributed by atoms with Gasteiger partial charge in [0.15, 0.2) is 0 Å². The van der Waals surface area contributed by atoms with Gasteiger partial charge in [-0.2, -0.15) is 4.98 Å². The maximum atomic E-state index is 12.8. The van der Waals surface area contributed by atoms with Gasteiger partial charge in [-0.25, -0.2) is 0 Å². The molecule has 3 heterocycles. The molecule has 2 amide bonds. The van der Waals surface area contributed by atoms with Gasteiger partial charge in [0.1, 0.15) is 0 Å². The number of hydrogen-bond donors (Lipinski definition) is 1. The number of amides is 2. The minimum absolute atomic E-state index is 0.0132. The Kier molecular flexibility index (Phi) is 7.18. The van der Waals surface area contributed by atoms with Crippen LogP contribution in [-0.2, 0) is 29.2 Å². The molecule has 2 aliphatic rings. The van der Waals surface area contributed by atoms with Crippen LogP contribution in [0.25, 0.3) is 11.4 Å². The Morgan fingerprint density at radius 3 is 2.57 bits per heavy atom. The van der Waals surface area contributed by atoms with Gasteiger partial charge in [-0.05, 0) is 43.5 Å². The van der Waals surface area contributed by atoms with E-state index < -0.39 is 0 Å². The summed E-state index contributed by atoms with van der Waals surface area (Å²) in [5.74, 6) is 1.55. The van der Waals surface area contributed by atoms with Crippen molar-refractivity contribution in [2.24, 2.45) is 5.92 Å². The van der Waals surface area contributed by atoms with Crippen molar-refractivity contribution in [3.8, 4) is 11.4 Å². The molecule has 1 aromatic heterocycles. The molecule has 2 saturated heterocycles. The molecule has 2 aromatic carbocycles. The van der Waals surface area contributed by atoms with Crippen LogP contribution < -0.4 is 5.32 Å². The second-order valence-corrected chi connectivity index (χ2v) is 9.38. The summed E-state index contributed by atoms with van der Waals surface area (Å²) in [5.41, 5.74) is 3.11. The van der Waals surface area contributed by atoms with E-state index in [1.165, 1.54) is 0 Å². The van der Waals surface area contributed by atoms with Gasteiger partial charge in [0.05, 0.1) is 6.54 Å². The first-order chi connectivity index (χ1) is 17.1. The zero-order chi connectivity index (χ0) is 24.0. The molecule has 0 radical (unpaired) electrons. The predicted molar refractivity (Wildman–Crippen MR) is 131 cm³/mol. The zero-order valence-corrected chi connectivity index (χ0v) is 19.9. The third kappa shape index (κ3) is 5.95. The minimum Gasteiger partial charge on any atom is -0.352 e. The zero-order valence-electron chi connectivity index (χ0n) is 19.9. The quantitative estimate of drug-likeness (QED) is 0.539. The Labute approximate surface area is 205 Å². The van der Waals surface area contributed by atoms with E-state index >= 15 is 0 Å². The average molecular weight is 474 g/mol. The van der Waals surface area contributed by atoms with E-state index in [0.717, 1.165) is 55.6 Å². The highest BCUT2D eigenvalue weighted by atomic mass is 16.5. The lowest BCUT2D eigenvalue weighted by molar-refractivity contribution is -0.128. The van der Waals surface area contributed by atoms with Crippen molar-refractivity contribution in [3.05, 3.63) is 71.6 Å². The van der Waals surface area contributed by atoms with Gasteiger partial charge < -0.3 is 14.7 Å². The molecular weight excluding hydrogens is 442 g/mol. The first kappa shape index (κ1) is 23.2. The Morgan fingerprint density at radius 1 is 1.00 bits per heavy atom. The van der Waals surface area contributed by atoms with E-state index in [2.05, 4.69) is 26.4 Å². The van der Waals surface area contributed by atoms with Gasteiger partial charge in [-0.15, -0.1) is 0 Å². The van der Waals surface area contributed by atoms with Gasteiger partial charge in [-0.3, -0.25) is 14.5 Å². The first-order valence-corrected chi connectivity index (χ1v) is 12.4. The SMILES string of the molecule is O=C(NCc1cccc(CN2CCCC2=O)c1)C1CCN(Cc2nc(-c3ccccc3)no2)CC1. The van der Waals surface area contributed by atoms with Gasteiger partial charge in [0, 0.05) is 37.5 Å². The highest BCUT2D eigenvalue weighted by molar-refractivity contribution is 5.79. The van der Waals surface area contributed by atoms with E-state index in [1.807, 2.05) is 53.4 Å². The van der Waals surface area contributed by atoms with Crippen molar-refractivity contribution in [3.63, 3.8) is 0 Å². The normalized spacial score (nSPS) is 17.1. The maximum Gasteiger partial charge on any atom is 0.241 e. The number of aromatic nitrogens is 2. The van der Waals surface area contributed by atoms with Gasteiger partial charge in [-0.1, -0.05) is 59.8 Å². The molecule has 0 atom stereocenters. The molecule has 0 aliphatic carbocycles. The monoisotopic (exact) mass is 473 g/mol. The van der Waals surface area contributed by atoms with Crippen LogP contribution in [0.15, 0.2) is 59.1 Å². The molecule has 2 aliphatic heterocycles. The third-order valence-electron chi connectivity index (χ3n) is 6.82. The number of carbonyl (C=O) groups is 2. The Bertz CT molecular complexity index is 1150. The summed E-state index contributed by atoms with van der Waals surface area (Å²) in [7, 11) is 0. The minimum atomic E-state index is 0.0132. The van der Waals surface area contributed by atoms with E-state index in [4.69, 9.17) is 4.52 Å². The van der Waals surface area contributed by atoms with Crippen molar-refractivity contribution < 1.29 is 14.1 Å². The topological polar surface area (TPSA) is 91.6 Å². The lowest BCUT2D eigenvalue weighted by atomic mass is 9.96. The number of rotatable bonds is 8. The summed E-state index contributed by atoms with van der Waals surface area (Å²) in [6, 6.07) is 17.9. The standard InChI is InChI=1S/C27H31N5O3/c33-25-10-5-13-32(25)18-21-7-4-6-20(16-21)17-28-27(34)23-11-14-31(15-12-23)19-24-29-26(30-35-24)22-8-2-1-3-9-22/h1-4,6-9,16,23H,5,10-15,17-19H2,(H,28,34). The van der Waals surface area contributed by atoms with Crippen molar-refractivity contribution in [2.45, 2.75) is 45.3 Å². The van der Waals surface area contributed by atoms with Crippen LogP contribution in [0.1, 0.15) is 42.7 Å². The van der Waals surface area contributed by atoms with Crippen LogP contribution in [0.3, 0.4) is 0 Å². The molecule has 2 fully saturated rings. The van der Waals surface area contributed by atoms with Crippen LogP contribution >= 0.6 is 0 Å². The highest BCUT2D eigenvalue weighted by Crippen LogP contribution is 2.21. The molecule has 1 N–H and O–H groups in total. The summed E-state index contributed by atoms with van der Waals surface area (Å²) in [4.78, 5) is 33.4. The van der Waals surface area contributed by atoms with Crippen molar-refractivity contribution >= 4 is 11.8 Å². The van der Waals surface area contributed by atoms with Crippen LogP contribution in [0, 0.1) is 5.92 Å². The number of benzene rings is 2. The lowest BCUT2D eigenvalue weighted by Gasteiger charge is -2.30. The second kappa shape index (κ2) is 10.8. The largest absolute Gasteiger partial charge is 0.352 e. The summed E-state index contributed by atoms with van der Waals surface area (Å²) >= 11 is 0. The number of hydrogen-bond acceptors (Lipinski definition) is 6. The summed E-state index contributed by atoms with van der Waals surface area (Å²) in [5, 5.41) is 7.20. The van der Waals surface area contributed by atoms with E-state index in [-0.39, 0.29) is 17.7 Å². The fourth-order valence-corrected chi connectivity index (χ4v) is 4.83. The number of likely N-dealkylation sites (tertiary alicyclic amines) is 2. The van der Waals surface area contributed by atoms with Crippen molar-refractivity contribution in [1.82, 2.24) is 25.3 Å². The Hall–Kier alpha value is -3.52. The van der Waals surface area contributed by atoms with Crippen molar-refractivity contribution in [2.75, 3.05) is 19.6 Å². The van der Waals surface area contributed by atoms with E-state index in [9.17, 15) is 9.59 Å². The maximum absolute atomic E-state index is 12.8. The number of nitrogens with one attached hydrogen (secondary N) is 1. The molecular formula is C27H31N5O3. The molecule has 8 nitrogen and oxygen atoms in total. The molecule has 5 rings (SSSR count). The lowest BCUT2D eigenvalue weighted by Crippen LogP contribution is -2.40. The van der Waals surface area contributed by atoms with E-state index in [0.29, 0.717) is 37.8 Å². The molecule has 0 unspecified atom stereocenters. The average Bonchev–Trinajstić information content (AvgIpc) is 3.53. The third-order valence-corrected chi connectivity index (χ3v) is 6.82. The van der Waals surface area contributed by atoms with Crippen LogP contribution in [-0.4, -0.2) is 51.4 Å². The number of carbonyl (C=O) groups excluding carboxylic acids is 2. The van der Waals surface area contributed by atoms with E-state index in [1.54, 1.807) is 0 Å². The molecule has 3 aromatic rings. The summed E-state index contributed by atoms with van der Waals surface area (Å²) < 4.78 is 5.44. The summed E-state index contributed by atoms with van der Waals surface area (Å²) in [6.07, 6.45) is 3.21. The van der Waals surface area contributed by atoms with Crippen LogP contribution in [0.5, 0.6) is 0 Å². The first-order valence-electron chi connectivity index (χ1n) is 12.4. The molecule has 0 saturated carbocycles. The highest BCUT2D eigenvalue weighted by Gasteiger charge is 2.26. The van der Waals surface area contributed by atoms with Crippen molar-refractivity contribution in [1.29, 1.82) is 0 Å². The fraction of sp³-hybridized carbons (Fsp3) is 0.407. The Balaban J connectivity index is 1.07. The van der Waals surface area contributed by atoms with Gasteiger partial charge in [0.2, 0.25) is 23.5 Å². The second-order valence-electron chi connectivity index (χ2n) is 9.38. The van der Waals surface area contributed by atoms with Crippen LogP contribution in [0.2, 0.25) is 0 Å². The fourth-order valence-electron chi connectivity index (χ4n) is 4.83. The van der Waals surface area contributed by atoms with Gasteiger partial charge >= 0.3 is 0 Å².